The molecule has 0 saturated carbocycles. The van der Waals surface area contributed by atoms with Crippen molar-refractivity contribution in [2.45, 2.75) is 30.0 Å². The summed E-state index contributed by atoms with van der Waals surface area (Å²) in [5.74, 6) is 0.413. The fraction of sp³-hybridized carbons (Fsp3) is 0.318. The summed E-state index contributed by atoms with van der Waals surface area (Å²) in [7, 11) is -3.59. The fourth-order valence-electron chi connectivity index (χ4n) is 4.43. The SMILES string of the molecule is O=S(=O)(Cc1ccccc1)N[C@H]1CO[C@H]2[C@@H]1OC[C@@H]2n1nnnc1Oc1ccc(-n2cncn2)cc1. The Kier molecular flexibility index (Phi) is 5.92. The van der Waals surface area contributed by atoms with Crippen LogP contribution >= 0.6 is 0 Å². The molecule has 0 radical (unpaired) electrons. The molecule has 2 aliphatic heterocycles. The third kappa shape index (κ3) is 4.58. The Bertz CT molecular complexity index is 1410. The molecule has 0 bridgehead atoms. The molecule has 4 atom stereocenters. The van der Waals surface area contributed by atoms with Crippen molar-refractivity contribution in [3.05, 3.63) is 72.8 Å². The molecule has 14 heteroatoms. The number of tetrazole rings is 1. The smallest absolute Gasteiger partial charge is 0.341 e. The van der Waals surface area contributed by atoms with Crippen LogP contribution in [0.3, 0.4) is 0 Å². The van der Waals surface area contributed by atoms with Crippen LogP contribution in [0.2, 0.25) is 0 Å². The van der Waals surface area contributed by atoms with Gasteiger partial charge in [0.25, 0.3) is 0 Å². The summed E-state index contributed by atoms with van der Waals surface area (Å²) in [5, 5.41) is 15.9. The van der Waals surface area contributed by atoms with Crippen LogP contribution in [0.15, 0.2) is 67.3 Å². The van der Waals surface area contributed by atoms with Crippen LogP contribution < -0.4 is 9.46 Å². The summed E-state index contributed by atoms with van der Waals surface area (Å²) >= 11 is 0. The predicted octanol–water partition coefficient (Wildman–Crippen LogP) is 0.873. The minimum Gasteiger partial charge on any atom is -0.423 e. The zero-order valence-electron chi connectivity index (χ0n) is 18.9. The summed E-state index contributed by atoms with van der Waals surface area (Å²) in [6.07, 6.45) is 2.15. The number of ether oxygens (including phenoxy) is 3. The Labute approximate surface area is 206 Å². The molecule has 4 aromatic rings. The van der Waals surface area contributed by atoms with Crippen molar-refractivity contribution in [3.63, 3.8) is 0 Å². The van der Waals surface area contributed by atoms with Gasteiger partial charge in [0.05, 0.1) is 30.7 Å². The zero-order valence-corrected chi connectivity index (χ0v) is 19.7. The van der Waals surface area contributed by atoms with E-state index in [1.54, 1.807) is 47.4 Å². The average Bonchev–Trinajstić information content (AvgIpc) is 3.67. The number of benzene rings is 2. The van der Waals surface area contributed by atoms with Gasteiger partial charge in [-0.2, -0.15) is 9.78 Å². The first kappa shape index (κ1) is 22.7. The first-order valence-electron chi connectivity index (χ1n) is 11.2. The number of rotatable bonds is 8. The Hall–Kier alpha value is -3.72. The second-order valence-corrected chi connectivity index (χ2v) is 10.2. The van der Waals surface area contributed by atoms with Gasteiger partial charge in [-0.15, -0.1) is 0 Å². The minimum atomic E-state index is -3.59. The van der Waals surface area contributed by atoms with E-state index in [0.717, 1.165) is 5.69 Å². The number of fused-ring (bicyclic) bond motifs is 1. The Morgan fingerprint density at radius 2 is 1.83 bits per heavy atom. The van der Waals surface area contributed by atoms with Crippen molar-refractivity contribution in [3.8, 4) is 17.4 Å². The molecular weight excluding hydrogens is 488 g/mol. The van der Waals surface area contributed by atoms with Crippen LogP contribution in [0.1, 0.15) is 11.6 Å². The number of nitrogens with zero attached hydrogens (tertiary/aromatic N) is 7. The lowest BCUT2D eigenvalue weighted by molar-refractivity contribution is 0.0615. The topological polar surface area (TPSA) is 148 Å². The van der Waals surface area contributed by atoms with E-state index in [0.29, 0.717) is 11.3 Å². The molecule has 4 heterocycles. The molecule has 13 nitrogen and oxygen atoms in total. The largest absolute Gasteiger partial charge is 0.423 e. The molecule has 186 valence electrons. The van der Waals surface area contributed by atoms with Crippen molar-refractivity contribution in [2.24, 2.45) is 0 Å². The molecule has 2 aliphatic rings. The van der Waals surface area contributed by atoms with Crippen molar-refractivity contribution >= 4 is 10.0 Å². The molecule has 2 aromatic carbocycles. The molecule has 2 fully saturated rings. The molecular formula is C22H22N8O5S. The molecule has 0 aliphatic carbocycles. The van der Waals surface area contributed by atoms with Gasteiger partial charge in [-0.1, -0.05) is 35.4 Å². The molecule has 36 heavy (non-hydrogen) atoms. The molecule has 6 rings (SSSR count). The molecule has 1 N–H and O–H groups in total. The van der Waals surface area contributed by atoms with E-state index in [-0.39, 0.29) is 31.0 Å². The van der Waals surface area contributed by atoms with Gasteiger partial charge in [0.15, 0.2) is 0 Å². The fourth-order valence-corrected chi connectivity index (χ4v) is 5.81. The monoisotopic (exact) mass is 510 g/mol. The highest BCUT2D eigenvalue weighted by Crippen LogP contribution is 2.36. The maximum Gasteiger partial charge on any atom is 0.341 e. The van der Waals surface area contributed by atoms with E-state index in [4.69, 9.17) is 14.2 Å². The van der Waals surface area contributed by atoms with Crippen LogP contribution in [0, 0.1) is 0 Å². The normalized spacial score (nSPS) is 23.6. The van der Waals surface area contributed by atoms with Crippen LogP contribution in [0.4, 0.5) is 0 Å². The zero-order chi connectivity index (χ0) is 24.5. The molecule has 0 spiro atoms. The maximum absolute atomic E-state index is 12.7. The lowest BCUT2D eigenvalue weighted by Gasteiger charge is -2.18. The van der Waals surface area contributed by atoms with Gasteiger partial charge in [-0.25, -0.2) is 22.8 Å². The van der Waals surface area contributed by atoms with E-state index < -0.39 is 28.3 Å². The van der Waals surface area contributed by atoms with E-state index in [1.807, 2.05) is 18.2 Å². The number of sulfonamides is 1. The highest BCUT2D eigenvalue weighted by molar-refractivity contribution is 7.88. The van der Waals surface area contributed by atoms with Crippen molar-refractivity contribution < 1.29 is 22.6 Å². The summed E-state index contributed by atoms with van der Waals surface area (Å²) in [4.78, 5) is 3.94. The van der Waals surface area contributed by atoms with Crippen molar-refractivity contribution in [1.82, 2.24) is 39.7 Å². The van der Waals surface area contributed by atoms with Gasteiger partial charge < -0.3 is 14.2 Å². The first-order valence-corrected chi connectivity index (χ1v) is 12.9. The van der Waals surface area contributed by atoms with Crippen LogP contribution in [0.5, 0.6) is 11.8 Å². The summed E-state index contributed by atoms with van der Waals surface area (Å²) in [5.41, 5.74) is 1.53. The van der Waals surface area contributed by atoms with Crippen LogP contribution in [-0.4, -0.2) is 74.9 Å². The molecule has 2 saturated heterocycles. The van der Waals surface area contributed by atoms with Gasteiger partial charge in [-0.05, 0) is 40.3 Å². The summed E-state index contributed by atoms with van der Waals surface area (Å²) < 4.78 is 49.1. The number of nitrogens with one attached hydrogen (secondary N) is 1. The van der Waals surface area contributed by atoms with Crippen molar-refractivity contribution in [1.29, 1.82) is 0 Å². The van der Waals surface area contributed by atoms with Crippen LogP contribution in [0.25, 0.3) is 5.69 Å². The maximum atomic E-state index is 12.7. The highest BCUT2D eigenvalue weighted by atomic mass is 32.2. The number of hydrogen-bond acceptors (Lipinski definition) is 10. The number of aromatic nitrogens is 7. The quantitative estimate of drug-likeness (QED) is 0.362. The molecule has 0 unspecified atom stereocenters. The Balaban J connectivity index is 1.12. The molecule has 2 aromatic heterocycles. The summed E-state index contributed by atoms with van der Waals surface area (Å²) in [6.45, 7) is 0.431. The third-order valence-corrected chi connectivity index (χ3v) is 7.44. The second kappa shape index (κ2) is 9.39. The third-order valence-electron chi connectivity index (χ3n) is 6.06. The Morgan fingerprint density at radius 3 is 2.61 bits per heavy atom. The molecule has 0 amide bonds. The first-order chi connectivity index (χ1) is 17.6. The second-order valence-electron chi connectivity index (χ2n) is 8.47. The van der Waals surface area contributed by atoms with E-state index >= 15 is 0 Å². The predicted molar refractivity (Wildman–Crippen MR) is 124 cm³/mol. The highest BCUT2D eigenvalue weighted by Gasteiger charge is 2.50. The van der Waals surface area contributed by atoms with Crippen LogP contribution in [-0.2, 0) is 25.2 Å². The van der Waals surface area contributed by atoms with Gasteiger partial charge in [0, 0.05) is 0 Å². The van der Waals surface area contributed by atoms with E-state index in [1.165, 1.54) is 11.0 Å². The Morgan fingerprint density at radius 1 is 1.03 bits per heavy atom. The average molecular weight is 511 g/mol. The van der Waals surface area contributed by atoms with E-state index in [9.17, 15) is 8.42 Å². The van der Waals surface area contributed by atoms with Gasteiger partial charge in [0.1, 0.15) is 36.7 Å². The summed E-state index contributed by atoms with van der Waals surface area (Å²) in [6, 6.07) is 15.5. The lowest BCUT2D eigenvalue weighted by Crippen LogP contribution is -2.44. The lowest BCUT2D eigenvalue weighted by atomic mass is 10.1. The van der Waals surface area contributed by atoms with Gasteiger partial charge in [0.2, 0.25) is 10.0 Å². The van der Waals surface area contributed by atoms with Gasteiger partial charge in [-0.3, -0.25) is 0 Å². The number of hydrogen-bond donors (Lipinski definition) is 1. The minimum absolute atomic E-state index is 0.119. The standard InChI is InChI=1S/C22H22N8O5S/c31-36(32,12-15-4-2-1-3-5-15)26-18-10-33-21-19(11-34-20(18)21)30-22(25-27-28-30)35-17-8-6-16(7-9-17)29-14-23-13-24-29/h1-9,13-14,18-21,26H,10-12H2/t18-,19-,20+,21+/m0/s1. The van der Waals surface area contributed by atoms with E-state index in [2.05, 4.69) is 30.3 Å². The van der Waals surface area contributed by atoms with Gasteiger partial charge >= 0.3 is 6.01 Å². The van der Waals surface area contributed by atoms with Crippen molar-refractivity contribution in [2.75, 3.05) is 13.2 Å².